The fourth-order valence-corrected chi connectivity index (χ4v) is 3.81. The van der Waals surface area contributed by atoms with Crippen LogP contribution in [0.2, 0.25) is 0 Å². The third-order valence-electron chi connectivity index (χ3n) is 5.32. The molecule has 0 saturated carbocycles. The summed E-state index contributed by atoms with van der Waals surface area (Å²) < 4.78 is 21.9. The Labute approximate surface area is 166 Å². The average molecular weight is 385 g/mol. The van der Waals surface area contributed by atoms with Gasteiger partial charge in [0.25, 0.3) is 0 Å². The van der Waals surface area contributed by atoms with Gasteiger partial charge in [0, 0.05) is 13.6 Å². The van der Waals surface area contributed by atoms with Crippen molar-refractivity contribution in [3.63, 3.8) is 0 Å². The molecule has 0 N–H and O–H groups in total. The second-order valence-electron chi connectivity index (χ2n) is 6.83. The first-order chi connectivity index (χ1) is 13.5. The van der Waals surface area contributed by atoms with Crippen molar-refractivity contribution in [1.29, 1.82) is 0 Å². The number of rotatable bonds is 6. The van der Waals surface area contributed by atoms with E-state index >= 15 is 0 Å². The summed E-state index contributed by atoms with van der Waals surface area (Å²) in [5, 5.41) is 0. The quantitative estimate of drug-likeness (QED) is 0.765. The standard InChI is InChI=1S/C22H27NO5/c1-23-10-9-14-12-19(26-3)20(27-4)13-16(14)17(22(23)24)11-15-7-6-8-18(25-2)21(15)28-5/h6-8,12-13,17H,9-11H2,1-5H3/t17-/m0/s1. The number of nitrogens with zero attached hydrogens (tertiary/aromatic N) is 1. The molecule has 0 spiro atoms. The first-order valence-electron chi connectivity index (χ1n) is 9.23. The second kappa shape index (κ2) is 8.42. The molecule has 1 amide bonds. The molecule has 1 atom stereocenters. The number of likely N-dealkylation sites (N-methyl/N-ethyl adjacent to an activating group) is 1. The van der Waals surface area contributed by atoms with Crippen molar-refractivity contribution >= 4 is 5.91 Å². The lowest BCUT2D eigenvalue weighted by atomic mass is 9.87. The van der Waals surface area contributed by atoms with Crippen molar-refractivity contribution in [2.24, 2.45) is 0 Å². The van der Waals surface area contributed by atoms with Crippen LogP contribution in [0, 0.1) is 0 Å². The maximum Gasteiger partial charge on any atom is 0.230 e. The number of hydrogen-bond donors (Lipinski definition) is 0. The van der Waals surface area contributed by atoms with Crippen LogP contribution < -0.4 is 18.9 Å². The Morgan fingerprint density at radius 3 is 2.29 bits per heavy atom. The molecule has 0 aromatic heterocycles. The van der Waals surface area contributed by atoms with Crippen LogP contribution >= 0.6 is 0 Å². The van der Waals surface area contributed by atoms with E-state index in [2.05, 4.69) is 0 Å². The van der Waals surface area contributed by atoms with Gasteiger partial charge < -0.3 is 23.8 Å². The maximum absolute atomic E-state index is 13.2. The normalized spacial score (nSPS) is 16.2. The molecule has 6 heteroatoms. The van der Waals surface area contributed by atoms with Crippen LogP contribution in [0.1, 0.15) is 22.6 Å². The molecule has 0 aliphatic carbocycles. The van der Waals surface area contributed by atoms with Gasteiger partial charge in [-0.3, -0.25) is 4.79 Å². The van der Waals surface area contributed by atoms with E-state index in [1.165, 1.54) is 0 Å². The molecule has 6 nitrogen and oxygen atoms in total. The van der Waals surface area contributed by atoms with E-state index in [-0.39, 0.29) is 11.8 Å². The fraction of sp³-hybridized carbons (Fsp3) is 0.409. The number of methoxy groups -OCH3 is 4. The van der Waals surface area contributed by atoms with Crippen molar-refractivity contribution in [2.45, 2.75) is 18.8 Å². The number of carbonyl (C=O) groups is 1. The Morgan fingerprint density at radius 1 is 0.964 bits per heavy atom. The van der Waals surface area contributed by atoms with Gasteiger partial charge in [0.15, 0.2) is 23.0 Å². The number of fused-ring (bicyclic) bond motifs is 1. The van der Waals surface area contributed by atoms with Gasteiger partial charge in [-0.05, 0) is 47.7 Å². The molecular formula is C22H27NO5. The molecule has 1 heterocycles. The van der Waals surface area contributed by atoms with E-state index in [0.717, 1.165) is 23.1 Å². The molecular weight excluding hydrogens is 358 g/mol. The third kappa shape index (κ3) is 3.59. The predicted octanol–water partition coefficient (Wildman–Crippen LogP) is 3.06. The molecule has 0 saturated heterocycles. The zero-order valence-corrected chi connectivity index (χ0v) is 17.1. The largest absolute Gasteiger partial charge is 0.493 e. The second-order valence-corrected chi connectivity index (χ2v) is 6.83. The van der Waals surface area contributed by atoms with E-state index in [1.807, 2.05) is 37.4 Å². The Balaban J connectivity index is 2.10. The average Bonchev–Trinajstić information content (AvgIpc) is 2.84. The van der Waals surface area contributed by atoms with Crippen LogP contribution in [0.3, 0.4) is 0 Å². The van der Waals surface area contributed by atoms with Crippen LogP contribution in [0.5, 0.6) is 23.0 Å². The highest BCUT2D eigenvalue weighted by Gasteiger charge is 2.31. The maximum atomic E-state index is 13.2. The monoisotopic (exact) mass is 385 g/mol. The third-order valence-corrected chi connectivity index (χ3v) is 5.32. The Morgan fingerprint density at radius 2 is 1.64 bits per heavy atom. The van der Waals surface area contributed by atoms with Gasteiger partial charge in [-0.1, -0.05) is 12.1 Å². The van der Waals surface area contributed by atoms with Crippen molar-refractivity contribution in [3.05, 3.63) is 47.0 Å². The molecule has 150 valence electrons. The first kappa shape index (κ1) is 19.9. The van der Waals surface area contributed by atoms with Crippen LogP contribution in [-0.4, -0.2) is 52.8 Å². The topological polar surface area (TPSA) is 57.2 Å². The van der Waals surface area contributed by atoms with E-state index in [0.29, 0.717) is 36.0 Å². The molecule has 1 aliphatic heterocycles. The summed E-state index contributed by atoms with van der Waals surface area (Å²) in [5.74, 6) is 2.35. The molecule has 0 fully saturated rings. The molecule has 28 heavy (non-hydrogen) atoms. The van der Waals surface area contributed by atoms with Crippen LogP contribution in [-0.2, 0) is 17.6 Å². The van der Waals surface area contributed by atoms with Gasteiger partial charge in [-0.25, -0.2) is 0 Å². The van der Waals surface area contributed by atoms with Crippen molar-refractivity contribution in [2.75, 3.05) is 42.0 Å². The van der Waals surface area contributed by atoms with Crippen molar-refractivity contribution in [3.8, 4) is 23.0 Å². The number of benzene rings is 2. The molecule has 1 aliphatic rings. The first-order valence-corrected chi connectivity index (χ1v) is 9.23. The highest BCUT2D eigenvalue weighted by Crippen LogP contribution is 2.40. The van der Waals surface area contributed by atoms with Crippen molar-refractivity contribution in [1.82, 2.24) is 4.90 Å². The number of ether oxygens (including phenoxy) is 4. The minimum absolute atomic E-state index is 0.0795. The highest BCUT2D eigenvalue weighted by molar-refractivity contribution is 5.85. The van der Waals surface area contributed by atoms with Gasteiger partial charge in [0.05, 0.1) is 34.4 Å². The SMILES string of the molecule is COc1cc2c(cc1OC)[C@H](Cc1cccc(OC)c1OC)C(=O)N(C)CC2. The zero-order chi connectivity index (χ0) is 20.3. The van der Waals surface area contributed by atoms with Crippen LogP contribution in [0.15, 0.2) is 30.3 Å². The van der Waals surface area contributed by atoms with Gasteiger partial charge in [0.1, 0.15) is 0 Å². The molecule has 0 radical (unpaired) electrons. The Bertz CT molecular complexity index is 864. The molecule has 2 aromatic carbocycles. The number of para-hydroxylation sites is 1. The van der Waals surface area contributed by atoms with E-state index in [9.17, 15) is 4.79 Å². The Kier molecular flexibility index (Phi) is 5.97. The van der Waals surface area contributed by atoms with E-state index < -0.39 is 0 Å². The van der Waals surface area contributed by atoms with Gasteiger partial charge >= 0.3 is 0 Å². The number of amides is 1. The fourth-order valence-electron chi connectivity index (χ4n) is 3.81. The number of carbonyl (C=O) groups excluding carboxylic acids is 1. The zero-order valence-electron chi connectivity index (χ0n) is 17.1. The van der Waals surface area contributed by atoms with E-state index in [4.69, 9.17) is 18.9 Å². The minimum atomic E-state index is -0.344. The lowest BCUT2D eigenvalue weighted by molar-refractivity contribution is -0.131. The molecule has 2 aromatic rings. The minimum Gasteiger partial charge on any atom is -0.493 e. The van der Waals surface area contributed by atoms with Gasteiger partial charge in [0.2, 0.25) is 5.91 Å². The summed E-state index contributed by atoms with van der Waals surface area (Å²) in [6, 6.07) is 9.65. The lowest BCUT2D eigenvalue weighted by Gasteiger charge is -2.23. The highest BCUT2D eigenvalue weighted by atomic mass is 16.5. The van der Waals surface area contributed by atoms with Gasteiger partial charge in [-0.2, -0.15) is 0 Å². The smallest absolute Gasteiger partial charge is 0.230 e. The van der Waals surface area contributed by atoms with Crippen LogP contribution in [0.25, 0.3) is 0 Å². The molecule has 0 bridgehead atoms. The summed E-state index contributed by atoms with van der Waals surface area (Å²) in [4.78, 5) is 15.0. The lowest BCUT2D eigenvalue weighted by Crippen LogP contribution is -2.31. The Hall–Kier alpha value is -2.89. The predicted molar refractivity (Wildman–Crippen MR) is 107 cm³/mol. The molecule has 0 unspecified atom stereocenters. The summed E-state index contributed by atoms with van der Waals surface area (Å²) in [7, 11) is 8.30. The van der Waals surface area contributed by atoms with Crippen molar-refractivity contribution < 1.29 is 23.7 Å². The van der Waals surface area contributed by atoms with E-state index in [1.54, 1.807) is 33.3 Å². The summed E-state index contributed by atoms with van der Waals surface area (Å²) >= 11 is 0. The summed E-state index contributed by atoms with van der Waals surface area (Å²) in [5.41, 5.74) is 3.00. The number of hydrogen-bond acceptors (Lipinski definition) is 5. The summed E-state index contributed by atoms with van der Waals surface area (Å²) in [6.07, 6.45) is 1.27. The molecule has 3 rings (SSSR count). The summed E-state index contributed by atoms with van der Waals surface area (Å²) in [6.45, 7) is 0.660. The van der Waals surface area contributed by atoms with Gasteiger partial charge in [-0.15, -0.1) is 0 Å². The van der Waals surface area contributed by atoms with Crippen LogP contribution in [0.4, 0.5) is 0 Å².